The average Bonchev–Trinajstić information content (AvgIpc) is 3.20. The van der Waals surface area contributed by atoms with E-state index in [4.69, 9.17) is 0 Å². The van der Waals surface area contributed by atoms with Crippen molar-refractivity contribution in [2.75, 3.05) is 13.1 Å². The van der Waals surface area contributed by atoms with E-state index in [1.165, 1.54) is 12.1 Å². The summed E-state index contributed by atoms with van der Waals surface area (Å²) in [5.74, 6) is 0.841. The highest BCUT2D eigenvalue weighted by Gasteiger charge is 2.27. The van der Waals surface area contributed by atoms with Gasteiger partial charge in [-0.1, -0.05) is 0 Å². The van der Waals surface area contributed by atoms with Crippen LogP contribution in [0.15, 0.2) is 30.5 Å². The van der Waals surface area contributed by atoms with Crippen LogP contribution in [0.1, 0.15) is 40.8 Å². The highest BCUT2D eigenvalue weighted by Crippen LogP contribution is 2.26. The van der Waals surface area contributed by atoms with Crippen LogP contribution in [0.3, 0.4) is 0 Å². The molecule has 1 aliphatic heterocycles. The molecule has 3 heterocycles. The number of hydrogen-bond donors (Lipinski definition) is 2. The monoisotopic (exact) mass is 326 g/mol. The van der Waals surface area contributed by atoms with Crippen molar-refractivity contribution in [3.63, 3.8) is 0 Å². The number of rotatable bonds is 2. The normalized spacial score (nSPS) is 18.2. The first-order chi connectivity index (χ1) is 11.6. The Bertz CT molecular complexity index is 897. The molecule has 0 spiro atoms. The van der Waals surface area contributed by atoms with Crippen molar-refractivity contribution >= 4 is 16.8 Å². The molecule has 1 aromatic carbocycles. The first-order valence-electron chi connectivity index (χ1n) is 8.19. The molecule has 1 aliphatic rings. The van der Waals surface area contributed by atoms with Gasteiger partial charge in [0.2, 0.25) is 0 Å². The van der Waals surface area contributed by atoms with Crippen LogP contribution in [-0.2, 0) is 0 Å². The lowest BCUT2D eigenvalue weighted by molar-refractivity contribution is 0.0700. The van der Waals surface area contributed by atoms with Gasteiger partial charge in [-0.15, -0.1) is 0 Å². The third-order valence-electron chi connectivity index (χ3n) is 4.63. The van der Waals surface area contributed by atoms with Crippen LogP contribution in [0.25, 0.3) is 10.9 Å². The quantitative estimate of drug-likeness (QED) is 0.758. The number of benzene rings is 1. The third kappa shape index (κ3) is 2.68. The number of imidazole rings is 1. The Hall–Kier alpha value is -2.63. The van der Waals surface area contributed by atoms with Crippen LogP contribution >= 0.6 is 0 Å². The number of piperidine rings is 1. The van der Waals surface area contributed by atoms with Crippen molar-refractivity contribution in [3.8, 4) is 0 Å². The first kappa shape index (κ1) is 14.9. The fourth-order valence-electron chi connectivity index (χ4n) is 3.41. The number of aryl methyl sites for hydroxylation is 1. The van der Waals surface area contributed by atoms with Gasteiger partial charge in [0.05, 0.1) is 0 Å². The number of carbonyl (C=O) groups excluding carboxylic acids is 1. The predicted octanol–water partition coefficient (Wildman–Crippen LogP) is 3.36. The number of H-pyrrole nitrogens is 2. The lowest BCUT2D eigenvalue weighted by atomic mass is 9.97. The number of carbonyl (C=O) groups is 1. The third-order valence-corrected chi connectivity index (χ3v) is 4.63. The predicted molar refractivity (Wildman–Crippen MR) is 89.5 cm³/mol. The van der Waals surface area contributed by atoms with Crippen LogP contribution in [0.2, 0.25) is 0 Å². The number of aromatic nitrogens is 3. The van der Waals surface area contributed by atoms with Crippen LogP contribution in [-0.4, -0.2) is 38.8 Å². The van der Waals surface area contributed by atoms with E-state index in [0.29, 0.717) is 17.6 Å². The van der Waals surface area contributed by atoms with Gasteiger partial charge in [0, 0.05) is 41.8 Å². The fourth-order valence-corrected chi connectivity index (χ4v) is 3.41. The summed E-state index contributed by atoms with van der Waals surface area (Å²) in [7, 11) is 0. The molecule has 0 saturated carbocycles. The van der Waals surface area contributed by atoms with Crippen LogP contribution in [0, 0.1) is 12.7 Å². The Morgan fingerprint density at radius 1 is 1.33 bits per heavy atom. The van der Waals surface area contributed by atoms with Gasteiger partial charge in [0.25, 0.3) is 5.91 Å². The Kier molecular flexibility index (Phi) is 3.59. The van der Waals surface area contributed by atoms with Gasteiger partial charge in [-0.05, 0) is 44.0 Å². The molecule has 0 radical (unpaired) electrons. The van der Waals surface area contributed by atoms with E-state index < -0.39 is 0 Å². The summed E-state index contributed by atoms with van der Waals surface area (Å²) < 4.78 is 13.3. The molecule has 0 aliphatic carbocycles. The van der Waals surface area contributed by atoms with E-state index in [2.05, 4.69) is 15.0 Å². The summed E-state index contributed by atoms with van der Waals surface area (Å²) in [6.07, 6.45) is 3.79. The number of halogens is 1. The van der Waals surface area contributed by atoms with E-state index in [9.17, 15) is 9.18 Å². The number of aromatic amines is 2. The Morgan fingerprint density at radius 2 is 2.21 bits per heavy atom. The van der Waals surface area contributed by atoms with Gasteiger partial charge in [0.1, 0.15) is 17.3 Å². The molecular formula is C18H19FN4O. The number of likely N-dealkylation sites (tertiary alicyclic amines) is 1. The van der Waals surface area contributed by atoms with Gasteiger partial charge < -0.3 is 14.9 Å². The number of hydrogen-bond acceptors (Lipinski definition) is 2. The van der Waals surface area contributed by atoms with Gasteiger partial charge in [-0.3, -0.25) is 4.79 Å². The average molecular weight is 326 g/mol. The molecular weight excluding hydrogens is 307 g/mol. The standard InChI is InChI=1S/C18H19FN4O/c1-11-9-20-17(21-11)12-3-2-6-23(10-12)18(24)16-8-13-7-14(19)4-5-15(13)22-16/h4-5,7-9,12,22H,2-3,6,10H2,1H3,(H,20,21)/t12-/m1/s1. The summed E-state index contributed by atoms with van der Waals surface area (Å²) in [5.41, 5.74) is 2.31. The number of nitrogens with one attached hydrogen (secondary N) is 2. The second-order valence-electron chi connectivity index (χ2n) is 6.46. The maximum atomic E-state index is 13.3. The smallest absolute Gasteiger partial charge is 0.270 e. The topological polar surface area (TPSA) is 64.8 Å². The Labute approximate surface area is 138 Å². The molecule has 2 N–H and O–H groups in total. The molecule has 1 atom stereocenters. The molecule has 0 bridgehead atoms. The van der Waals surface area contributed by atoms with Crippen molar-refractivity contribution in [2.24, 2.45) is 0 Å². The van der Waals surface area contributed by atoms with Crippen LogP contribution in [0.5, 0.6) is 0 Å². The van der Waals surface area contributed by atoms with E-state index in [1.807, 2.05) is 18.0 Å². The van der Waals surface area contributed by atoms with Gasteiger partial charge in [0.15, 0.2) is 0 Å². The summed E-state index contributed by atoms with van der Waals surface area (Å²) in [6.45, 7) is 3.36. The van der Waals surface area contributed by atoms with Crippen molar-refractivity contribution in [1.82, 2.24) is 19.9 Å². The molecule has 1 fully saturated rings. The highest BCUT2D eigenvalue weighted by atomic mass is 19.1. The Morgan fingerprint density at radius 3 is 3.00 bits per heavy atom. The lowest BCUT2D eigenvalue weighted by Crippen LogP contribution is -2.39. The van der Waals surface area contributed by atoms with Crippen molar-refractivity contribution in [2.45, 2.75) is 25.7 Å². The minimum atomic E-state index is -0.299. The zero-order valence-corrected chi connectivity index (χ0v) is 13.5. The summed E-state index contributed by atoms with van der Waals surface area (Å²) in [5, 5.41) is 0.716. The zero-order valence-electron chi connectivity index (χ0n) is 13.5. The second kappa shape index (κ2) is 5.78. The SMILES string of the molecule is Cc1cnc([C@@H]2CCCN(C(=O)c3cc4cc(F)ccc4[nH]3)C2)[nH]1. The van der Waals surface area contributed by atoms with Gasteiger partial charge in [-0.25, -0.2) is 9.37 Å². The van der Waals surface area contributed by atoms with Gasteiger partial charge >= 0.3 is 0 Å². The molecule has 5 nitrogen and oxygen atoms in total. The molecule has 4 rings (SSSR count). The molecule has 124 valence electrons. The molecule has 2 aromatic heterocycles. The summed E-state index contributed by atoms with van der Waals surface area (Å²) in [6, 6.07) is 6.21. The van der Waals surface area contributed by atoms with Crippen LogP contribution < -0.4 is 0 Å². The summed E-state index contributed by atoms with van der Waals surface area (Å²) in [4.78, 5) is 25.4. The number of amides is 1. The first-order valence-corrected chi connectivity index (χ1v) is 8.19. The highest BCUT2D eigenvalue weighted by molar-refractivity contribution is 5.98. The van der Waals surface area contributed by atoms with E-state index in [1.54, 1.807) is 12.1 Å². The minimum Gasteiger partial charge on any atom is -0.351 e. The minimum absolute atomic E-state index is 0.0420. The van der Waals surface area contributed by atoms with E-state index in [0.717, 1.165) is 36.4 Å². The number of nitrogens with zero attached hydrogens (tertiary/aromatic N) is 2. The molecule has 1 saturated heterocycles. The second-order valence-corrected chi connectivity index (χ2v) is 6.46. The maximum absolute atomic E-state index is 13.3. The molecule has 0 unspecified atom stereocenters. The summed E-state index contributed by atoms with van der Waals surface area (Å²) >= 11 is 0. The van der Waals surface area contributed by atoms with E-state index in [-0.39, 0.29) is 17.6 Å². The van der Waals surface area contributed by atoms with Crippen LogP contribution in [0.4, 0.5) is 4.39 Å². The van der Waals surface area contributed by atoms with Crippen molar-refractivity contribution < 1.29 is 9.18 Å². The molecule has 6 heteroatoms. The zero-order chi connectivity index (χ0) is 16.7. The molecule has 24 heavy (non-hydrogen) atoms. The Balaban J connectivity index is 1.56. The molecule has 3 aromatic rings. The fraction of sp³-hybridized carbons (Fsp3) is 0.333. The molecule has 1 amide bonds. The van der Waals surface area contributed by atoms with Gasteiger partial charge in [-0.2, -0.15) is 0 Å². The van der Waals surface area contributed by atoms with Crippen molar-refractivity contribution in [1.29, 1.82) is 0 Å². The maximum Gasteiger partial charge on any atom is 0.270 e. The lowest BCUT2D eigenvalue weighted by Gasteiger charge is -2.31. The van der Waals surface area contributed by atoms with E-state index >= 15 is 0 Å². The largest absolute Gasteiger partial charge is 0.351 e. The number of fused-ring (bicyclic) bond motifs is 1. The van der Waals surface area contributed by atoms with Crippen molar-refractivity contribution in [3.05, 3.63) is 53.5 Å².